The van der Waals surface area contributed by atoms with E-state index in [4.69, 9.17) is 4.74 Å². The minimum Gasteiger partial charge on any atom is -0.383 e. The zero-order valence-corrected chi connectivity index (χ0v) is 13.6. The van der Waals surface area contributed by atoms with E-state index in [1.807, 2.05) is 7.05 Å². The van der Waals surface area contributed by atoms with Gasteiger partial charge in [0.25, 0.3) is 0 Å². The Morgan fingerprint density at radius 2 is 2.25 bits per heavy atom. The predicted molar refractivity (Wildman–Crippen MR) is 82.8 cm³/mol. The molecule has 0 aliphatic carbocycles. The first kappa shape index (κ1) is 15.2. The van der Waals surface area contributed by atoms with Crippen molar-refractivity contribution in [3.05, 3.63) is 10.9 Å². The molecule has 0 aliphatic heterocycles. The van der Waals surface area contributed by atoms with Crippen molar-refractivity contribution in [3.8, 4) is 0 Å². The first-order valence-corrected chi connectivity index (χ1v) is 7.55. The lowest BCUT2D eigenvalue weighted by Gasteiger charge is -2.18. The molecule has 110 valence electrons. The zero-order chi connectivity index (χ0) is 14.5. The number of nitrogens with zero attached hydrogens (tertiary/aromatic N) is 4. The Kier molecular flexibility index (Phi) is 5.31. The number of methoxy groups -OCH3 is 1. The molecule has 2 heterocycles. The third kappa shape index (κ3) is 3.27. The second kappa shape index (κ2) is 6.99. The van der Waals surface area contributed by atoms with Gasteiger partial charge in [-0.25, -0.2) is 14.6 Å². The van der Waals surface area contributed by atoms with Crippen LogP contribution in [0.15, 0.2) is 10.9 Å². The quantitative estimate of drug-likeness (QED) is 0.838. The van der Waals surface area contributed by atoms with E-state index in [0.29, 0.717) is 6.61 Å². The molecule has 0 bridgehead atoms. The molecule has 7 heteroatoms. The minimum absolute atomic E-state index is 0.241. The Bertz CT molecular complexity index is 571. The van der Waals surface area contributed by atoms with Crippen LogP contribution in [-0.2, 0) is 11.8 Å². The van der Waals surface area contributed by atoms with Gasteiger partial charge in [-0.15, -0.1) is 0 Å². The molecule has 0 aliphatic rings. The molecule has 0 saturated carbocycles. The van der Waals surface area contributed by atoms with Crippen molar-refractivity contribution in [2.24, 2.45) is 7.05 Å². The van der Waals surface area contributed by atoms with Crippen LogP contribution in [0.25, 0.3) is 11.0 Å². The third-order valence-electron chi connectivity index (χ3n) is 3.19. The number of halogens is 1. The molecule has 1 N–H and O–H groups in total. The van der Waals surface area contributed by atoms with Gasteiger partial charge < -0.3 is 10.1 Å². The number of hydrogen-bond acceptors (Lipinski definition) is 5. The first-order chi connectivity index (χ1) is 9.67. The lowest BCUT2D eigenvalue weighted by molar-refractivity contribution is 0.182. The van der Waals surface area contributed by atoms with Crippen LogP contribution in [0.4, 0.5) is 5.82 Å². The number of rotatable bonds is 7. The van der Waals surface area contributed by atoms with Crippen molar-refractivity contribution in [2.75, 3.05) is 19.0 Å². The lowest BCUT2D eigenvalue weighted by atomic mass is 10.1. The van der Waals surface area contributed by atoms with Crippen LogP contribution in [-0.4, -0.2) is 39.5 Å². The fourth-order valence-corrected chi connectivity index (χ4v) is 2.80. The molecule has 2 rings (SSSR count). The van der Waals surface area contributed by atoms with Gasteiger partial charge in [-0.05, 0) is 22.4 Å². The van der Waals surface area contributed by atoms with Crippen LogP contribution in [0.2, 0.25) is 0 Å². The van der Waals surface area contributed by atoms with Crippen LogP contribution in [0.5, 0.6) is 0 Å². The van der Waals surface area contributed by atoms with Crippen molar-refractivity contribution in [1.29, 1.82) is 0 Å². The Balaban J connectivity index is 2.27. The normalized spacial score (nSPS) is 12.8. The number of hydrogen-bond donors (Lipinski definition) is 1. The fraction of sp³-hybridized carbons (Fsp3) is 0.615. The van der Waals surface area contributed by atoms with Crippen LogP contribution < -0.4 is 5.32 Å². The van der Waals surface area contributed by atoms with Gasteiger partial charge in [0.15, 0.2) is 5.65 Å². The number of unbranched alkanes of at least 4 members (excludes halogenated alkanes) is 1. The molecule has 2 aromatic heterocycles. The summed E-state index contributed by atoms with van der Waals surface area (Å²) in [6, 6.07) is 0.241. The van der Waals surface area contributed by atoms with E-state index in [9.17, 15) is 0 Å². The zero-order valence-electron chi connectivity index (χ0n) is 12.1. The molecule has 0 radical (unpaired) electrons. The van der Waals surface area contributed by atoms with Gasteiger partial charge in [-0.1, -0.05) is 19.8 Å². The van der Waals surface area contributed by atoms with Gasteiger partial charge in [0, 0.05) is 14.2 Å². The van der Waals surface area contributed by atoms with E-state index in [2.05, 4.69) is 43.2 Å². The van der Waals surface area contributed by atoms with Gasteiger partial charge in [0.1, 0.15) is 16.7 Å². The maximum atomic E-state index is 5.28. The summed E-state index contributed by atoms with van der Waals surface area (Å²) >= 11 is 3.47. The average molecular weight is 342 g/mol. The van der Waals surface area contributed by atoms with Crippen LogP contribution in [0, 0.1) is 0 Å². The molecule has 0 saturated heterocycles. The number of fused-ring (bicyclic) bond motifs is 1. The van der Waals surface area contributed by atoms with Gasteiger partial charge in [0.05, 0.1) is 18.0 Å². The first-order valence-electron chi connectivity index (χ1n) is 6.76. The van der Waals surface area contributed by atoms with Crippen molar-refractivity contribution in [1.82, 2.24) is 19.7 Å². The molecule has 20 heavy (non-hydrogen) atoms. The number of ether oxygens (including phenoxy) is 1. The average Bonchev–Trinajstić information content (AvgIpc) is 2.73. The van der Waals surface area contributed by atoms with Crippen LogP contribution in [0.1, 0.15) is 26.2 Å². The van der Waals surface area contributed by atoms with Crippen molar-refractivity contribution in [3.63, 3.8) is 0 Å². The standard InChI is InChI=1S/C13H20BrN5O/c1-4-5-6-9(7-20-3)17-12-10-11(14)18-19(2)13(10)16-8-15-12/h8-9H,4-7H2,1-3H3,(H,15,16,17). The van der Waals surface area contributed by atoms with E-state index in [1.54, 1.807) is 18.1 Å². The van der Waals surface area contributed by atoms with E-state index in [0.717, 1.165) is 40.7 Å². The molecule has 6 nitrogen and oxygen atoms in total. The molecule has 2 aromatic rings. The Hall–Kier alpha value is -1.21. The topological polar surface area (TPSA) is 64.9 Å². The monoisotopic (exact) mass is 341 g/mol. The maximum Gasteiger partial charge on any atom is 0.164 e. The molecular formula is C13H20BrN5O. The summed E-state index contributed by atoms with van der Waals surface area (Å²) < 4.78 is 7.78. The van der Waals surface area contributed by atoms with Gasteiger partial charge >= 0.3 is 0 Å². The van der Waals surface area contributed by atoms with E-state index < -0.39 is 0 Å². The van der Waals surface area contributed by atoms with Crippen LogP contribution in [0.3, 0.4) is 0 Å². The number of aromatic nitrogens is 4. The summed E-state index contributed by atoms with van der Waals surface area (Å²) in [7, 11) is 3.59. The van der Waals surface area contributed by atoms with Gasteiger partial charge in [0.2, 0.25) is 0 Å². The fourth-order valence-electron chi connectivity index (χ4n) is 2.19. The molecule has 0 spiro atoms. The predicted octanol–water partition coefficient (Wildman–Crippen LogP) is 2.74. The van der Waals surface area contributed by atoms with Crippen molar-refractivity contribution >= 4 is 32.8 Å². The Labute approximate surface area is 127 Å². The summed E-state index contributed by atoms with van der Waals surface area (Å²) in [5, 5.41) is 8.69. The molecular weight excluding hydrogens is 322 g/mol. The van der Waals surface area contributed by atoms with Crippen molar-refractivity contribution < 1.29 is 4.74 Å². The smallest absolute Gasteiger partial charge is 0.164 e. The van der Waals surface area contributed by atoms with E-state index in [1.165, 1.54) is 0 Å². The third-order valence-corrected chi connectivity index (χ3v) is 3.75. The summed E-state index contributed by atoms with van der Waals surface area (Å²) in [6.45, 7) is 2.84. The molecule has 1 atom stereocenters. The summed E-state index contributed by atoms with van der Waals surface area (Å²) in [6.07, 6.45) is 4.93. The number of nitrogens with one attached hydrogen (secondary N) is 1. The van der Waals surface area contributed by atoms with Crippen LogP contribution >= 0.6 is 15.9 Å². The summed E-state index contributed by atoms with van der Waals surface area (Å²) in [5.74, 6) is 0.799. The van der Waals surface area contributed by atoms with E-state index in [-0.39, 0.29) is 6.04 Å². The number of aryl methyl sites for hydroxylation is 1. The molecule has 0 amide bonds. The second-order valence-electron chi connectivity index (χ2n) is 4.77. The van der Waals surface area contributed by atoms with E-state index >= 15 is 0 Å². The Morgan fingerprint density at radius 1 is 1.45 bits per heavy atom. The SMILES string of the molecule is CCCCC(COC)Nc1ncnc2c1c(Br)nn2C. The Morgan fingerprint density at radius 3 is 2.95 bits per heavy atom. The second-order valence-corrected chi connectivity index (χ2v) is 5.53. The lowest BCUT2D eigenvalue weighted by Crippen LogP contribution is -2.25. The molecule has 0 aromatic carbocycles. The van der Waals surface area contributed by atoms with Gasteiger partial charge in [-0.2, -0.15) is 5.10 Å². The molecule has 1 unspecified atom stereocenters. The summed E-state index contributed by atoms with van der Waals surface area (Å²) in [4.78, 5) is 8.62. The molecule has 0 fully saturated rings. The highest BCUT2D eigenvalue weighted by Crippen LogP contribution is 2.27. The van der Waals surface area contributed by atoms with Crippen molar-refractivity contribution in [2.45, 2.75) is 32.2 Å². The maximum absolute atomic E-state index is 5.28. The number of anilines is 1. The summed E-state index contributed by atoms with van der Waals surface area (Å²) in [5.41, 5.74) is 0.807. The largest absolute Gasteiger partial charge is 0.383 e. The highest BCUT2D eigenvalue weighted by atomic mass is 79.9. The minimum atomic E-state index is 0.241. The highest BCUT2D eigenvalue weighted by Gasteiger charge is 2.16. The van der Waals surface area contributed by atoms with Gasteiger partial charge in [-0.3, -0.25) is 0 Å². The highest BCUT2D eigenvalue weighted by molar-refractivity contribution is 9.10.